The highest BCUT2D eigenvalue weighted by Crippen LogP contribution is 2.07. The predicted octanol–water partition coefficient (Wildman–Crippen LogP) is 1.23. The average Bonchev–Trinajstić information content (AvgIpc) is 2.42. The van der Waals surface area contributed by atoms with Gasteiger partial charge in [-0.3, -0.25) is 4.90 Å². The smallest absolute Gasteiger partial charge is 0.104 e. The van der Waals surface area contributed by atoms with E-state index < -0.39 is 0 Å². The molecule has 0 heterocycles. The van der Waals surface area contributed by atoms with Crippen LogP contribution in [-0.2, 0) is 6.54 Å². The van der Waals surface area contributed by atoms with Crippen molar-refractivity contribution in [2.75, 3.05) is 26.3 Å². The Morgan fingerprint density at radius 3 is 2.44 bits per heavy atom. The Kier molecular flexibility index (Phi) is 7.12. The maximum absolute atomic E-state index is 8.83. The van der Waals surface area contributed by atoms with Crippen molar-refractivity contribution in [3.8, 4) is 11.8 Å². The SMILES string of the molecule is CCN(CCCO)Cc1ccc(C#CCO)cc1. The van der Waals surface area contributed by atoms with Crippen LogP contribution in [0.5, 0.6) is 0 Å². The molecule has 0 radical (unpaired) electrons. The molecule has 0 saturated carbocycles. The van der Waals surface area contributed by atoms with Crippen molar-refractivity contribution < 1.29 is 10.2 Å². The van der Waals surface area contributed by atoms with Crippen LogP contribution in [0, 0.1) is 11.8 Å². The number of aliphatic hydroxyl groups is 2. The Hall–Kier alpha value is -1.34. The van der Waals surface area contributed by atoms with E-state index in [0.717, 1.165) is 31.6 Å². The van der Waals surface area contributed by atoms with Crippen LogP contribution in [-0.4, -0.2) is 41.4 Å². The van der Waals surface area contributed by atoms with Crippen molar-refractivity contribution in [2.45, 2.75) is 19.9 Å². The first-order chi connectivity index (χ1) is 8.80. The first-order valence-corrected chi connectivity index (χ1v) is 6.32. The summed E-state index contributed by atoms with van der Waals surface area (Å²) in [6, 6.07) is 8.06. The fraction of sp³-hybridized carbons (Fsp3) is 0.467. The fourth-order valence-corrected chi connectivity index (χ4v) is 1.74. The van der Waals surface area contributed by atoms with E-state index in [9.17, 15) is 0 Å². The van der Waals surface area contributed by atoms with E-state index in [-0.39, 0.29) is 13.2 Å². The maximum atomic E-state index is 8.83. The van der Waals surface area contributed by atoms with Gasteiger partial charge in [-0.2, -0.15) is 0 Å². The molecule has 0 bridgehead atoms. The fourth-order valence-electron chi connectivity index (χ4n) is 1.74. The zero-order valence-electron chi connectivity index (χ0n) is 10.9. The first-order valence-electron chi connectivity index (χ1n) is 6.32. The number of hydrogen-bond donors (Lipinski definition) is 2. The van der Waals surface area contributed by atoms with Gasteiger partial charge in [0.25, 0.3) is 0 Å². The molecular formula is C15H21NO2. The third-order valence-corrected chi connectivity index (χ3v) is 2.75. The minimum atomic E-state index is -0.105. The molecule has 1 aromatic carbocycles. The Morgan fingerprint density at radius 1 is 1.17 bits per heavy atom. The predicted molar refractivity (Wildman–Crippen MR) is 73.1 cm³/mol. The molecule has 0 spiro atoms. The van der Waals surface area contributed by atoms with Gasteiger partial charge in [-0.05, 0) is 30.7 Å². The first kappa shape index (κ1) is 14.7. The summed E-state index contributed by atoms with van der Waals surface area (Å²) in [5, 5.41) is 17.4. The molecular weight excluding hydrogens is 226 g/mol. The lowest BCUT2D eigenvalue weighted by atomic mass is 10.1. The molecule has 2 N–H and O–H groups in total. The van der Waals surface area contributed by atoms with Gasteiger partial charge in [-0.15, -0.1) is 0 Å². The zero-order valence-corrected chi connectivity index (χ0v) is 10.9. The van der Waals surface area contributed by atoms with Crippen molar-refractivity contribution in [1.29, 1.82) is 0 Å². The van der Waals surface area contributed by atoms with E-state index in [1.54, 1.807) is 0 Å². The Morgan fingerprint density at radius 2 is 1.89 bits per heavy atom. The van der Waals surface area contributed by atoms with Crippen LogP contribution in [0.4, 0.5) is 0 Å². The number of hydrogen-bond acceptors (Lipinski definition) is 3. The summed E-state index contributed by atoms with van der Waals surface area (Å²) < 4.78 is 0. The molecule has 0 unspecified atom stereocenters. The lowest BCUT2D eigenvalue weighted by molar-refractivity contribution is 0.225. The zero-order chi connectivity index (χ0) is 13.2. The van der Waals surface area contributed by atoms with Crippen molar-refractivity contribution >= 4 is 0 Å². The quantitative estimate of drug-likeness (QED) is 0.743. The van der Waals surface area contributed by atoms with Crippen LogP contribution in [0.3, 0.4) is 0 Å². The average molecular weight is 247 g/mol. The minimum Gasteiger partial charge on any atom is -0.396 e. The molecule has 98 valence electrons. The topological polar surface area (TPSA) is 43.7 Å². The number of aliphatic hydroxyl groups excluding tert-OH is 2. The summed E-state index contributed by atoms with van der Waals surface area (Å²) in [6.45, 7) is 5.05. The highest BCUT2D eigenvalue weighted by Gasteiger charge is 2.02. The second-order valence-electron chi connectivity index (χ2n) is 4.10. The highest BCUT2D eigenvalue weighted by atomic mass is 16.3. The van der Waals surface area contributed by atoms with Crippen LogP contribution in [0.2, 0.25) is 0 Å². The van der Waals surface area contributed by atoms with Gasteiger partial charge in [0.05, 0.1) is 0 Å². The molecule has 0 atom stereocenters. The van der Waals surface area contributed by atoms with Crippen molar-refractivity contribution in [1.82, 2.24) is 4.90 Å². The number of rotatable bonds is 6. The van der Waals surface area contributed by atoms with Gasteiger partial charge in [0.15, 0.2) is 0 Å². The van der Waals surface area contributed by atoms with E-state index in [4.69, 9.17) is 10.2 Å². The van der Waals surface area contributed by atoms with Crippen LogP contribution in [0.15, 0.2) is 24.3 Å². The monoisotopic (exact) mass is 247 g/mol. The molecule has 3 heteroatoms. The van der Waals surface area contributed by atoms with Crippen molar-refractivity contribution in [3.63, 3.8) is 0 Å². The second-order valence-corrected chi connectivity index (χ2v) is 4.10. The van der Waals surface area contributed by atoms with Crippen molar-refractivity contribution in [2.24, 2.45) is 0 Å². The largest absolute Gasteiger partial charge is 0.396 e. The third kappa shape index (κ3) is 5.33. The van der Waals surface area contributed by atoms with Gasteiger partial charge in [-0.1, -0.05) is 30.9 Å². The van der Waals surface area contributed by atoms with E-state index in [0.29, 0.717) is 0 Å². The number of benzene rings is 1. The molecule has 0 fully saturated rings. The van der Waals surface area contributed by atoms with E-state index in [1.807, 2.05) is 12.1 Å². The normalized spacial score (nSPS) is 10.2. The molecule has 0 aliphatic carbocycles. The van der Waals surface area contributed by atoms with Gasteiger partial charge in [-0.25, -0.2) is 0 Å². The summed E-state index contributed by atoms with van der Waals surface area (Å²) in [5.74, 6) is 5.51. The lowest BCUT2D eigenvalue weighted by Crippen LogP contribution is -2.24. The summed E-state index contributed by atoms with van der Waals surface area (Å²) in [6.07, 6.45) is 0.813. The maximum Gasteiger partial charge on any atom is 0.104 e. The Labute approximate surface area is 109 Å². The molecule has 0 aromatic heterocycles. The van der Waals surface area contributed by atoms with Gasteiger partial charge in [0, 0.05) is 25.3 Å². The van der Waals surface area contributed by atoms with Gasteiger partial charge in [0.2, 0.25) is 0 Å². The highest BCUT2D eigenvalue weighted by molar-refractivity contribution is 5.36. The second kappa shape index (κ2) is 8.71. The summed E-state index contributed by atoms with van der Waals surface area (Å²) >= 11 is 0. The van der Waals surface area contributed by atoms with Crippen molar-refractivity contribution in [3.05, 3.63) is 35.4 Å². The molecule has 1 aromatic rings. The molecule has 3 nitrogen and oxygen atoms in total. The molecule has 18 heavy (non-hydrogen) atoms. The number of nitrogens with zero attached hydrogens (tertiary/aromatic N) is 1. The lowest BCUT2D eigenvalue weighted by Gasteiger charge is -2.19. The molecule has 0 aliphatic rings. The molecule has 0 saturated heterocycles. The summed E-state index contributed by atoms with van der Waals surface area (Å²) in [4.78, 5) is 2.30. The van der Waals surface area contributed by atoms with E-state index in [2.05, 4.69) is 35.8 Å². The molecule has 0 aliphatic heterocycles. The van der Waals surface area contributed by atoms with E-state index >= 15 is 0 Å². The van der Waals surface area contributed by atoms with Crippen LogP contribution in [0.1, 0.15) is 24.5 Å². The van der Waals surface area contributed by atoms with Crippen LogP contribution < -0.4 is 0 Å². The Balaban J connectivity index is 2.56. The molecule has 0 amide bonds. The van der Waals surface area contributed by atoms with Crippen LogP contribution in [0.25, 0.3) is 0 Å². The van der Waals surface area contributed by atoms with Gasteiger partial charge >= 0.3 is 0 Å². The van der Waals surface area contributed by atoms with Crippen LogP contribution >= 0.6 is 0 Å². The third-order valence-electron chi connectivity index (χ3n) is 2.75. The minimum absolute atomic E-state index is 0.105. The summed E-state index contributed by atoms with van der Waals surface area (Å²) in [5.41, 5.74) is 2.16. The molecule has 1 rings (SSSR count). The van der Waals surface area contributed by atoms with Gasteiger partial charge in [0.1, 0.15) is 6.61 Å². The summed E-state index contributed by atoms with van der Waals surface area (Å²) in [7, 11) is 0. The van der Waals surface area contributed by atoms with Gasteiger partial charge < -0.3 is 10.2 Å². The Bertz CT molecular complexity index is 389. The standard InChI is InChI=1S/C15H21NO2/c1-2-16(10-4-12-18)13-15-8-6-14(7-9-15)5-3-11-17/h6-9,17-18H,2,4,10-13H2,1H3. The van der Waals surface area contributed by atoms with E-state index in [1.165, 1.54) is 5.56 Å².